The Bertz CT molecular complexity index is 389. The first-order chi connectivity index (χ1) is 9.91. The third-order valence-electron chi connectivity index (χ3n) is 5.11. The molecule has 0 aromatic heterocycles. The number of likely N-dealkylation sites (tertiary alicyclic amines) is 2. The zero-order chi connectivity index (χ0) is 15.6. The van der Waals surface area contributed by atoms with Gasteiger partial charge in [-0.2, -0.15) is 0 Å². The van der Waals surface area contributed by atoms with Crippen LogP contribution in [-0.2, 0) is 9.59 Å². The van der Waals surface area contributed by atoms with Gasteiger partial charge < -0.3 is 10.0 Å². The first-order valence-corrected chi connectivity index (χ1v) is 8.19. The molecular weight excluding hydrogens is 268 g/mol. The number of amides is 1. The number of carbonyl (C=O) groups is 2. The summed E-state index contributed by atoms with van der Waals surface area (Å²) >= 11 is 0. The standard InChI is InChI=1S/C16H28N2O3/c1-11-6-5-9-17(15(11)16(20)21)10-14(19)18-12(2)7-4-8-13(18)3/h11-13,15H,4-10H2,1-3H3,(H,20,21). The normalized spacial score (nSPS) is 34.7. The second-order valence-electron chi connectivity index (χ2n) is 6.80. The molecule has 4 unspecified atom stereocenters. The van der Waals surface area contributed by atoms with Gasteiger partial charge >= 0.3 is 5.97 Å². The van der Waals surface area contributed by atoms with Crippen molar-refractivity contribution >= 4 is 11.9 Å². The Labute approximate surface area is 127 Å². The lowest BCUT2D eigenvalue weighted by Crippen LogP contribution is -2.56. The number of hydrogen-bond acceptors (Lipinski definition) is 3. The summed E-state index contributed by atoms with van der Waals surface area (Å²) in [4.78, 5) is 28.0. The summed E-state index contributed by atoms with van der Waals surface area (Å²) < 4.78 is 0. The van der Waals surface area contributed by atoms with Crippen LogP contribution in [0, 0.1) is 5.92 Å². The first kappa shape index (κ1) is 16.3. The predicted molar refractivity (Wildman–Crippen MR) is 81.0 cm³/mol. The van der Waals surface area contributed by atoms with Gasteiger partial charge in [-0.15, -0.1) is 0 Å². The number of hydrogen-bond donors (Lipinski definition) is 1. The number of carboxylic acid groups (broad SMARTS) is 1. The van der Waals surface area contributed by atoms with Gasteiger partial charge in [0.15, 0.2) is 0 Å². The Morgan fingerprint density at radius 2 is 1.67 bits per heavy atom. The van der Waals surface area contributed by atoms with Crippen molar-refractivity contribution in [2.45, 2.75) is 71.0 Å². The van der Waals surface area contributed by atoms with Crippen LogP contribution in [0.1, 0.15) is 52.9 Å². The fourth-order valence-electron chi connectivity index (χ4n) is 4.02. The van der Waals surface area contributed by atoms with Gasteiger partial charge in [0.25, 0.3) is 0 Å². The molecule has 5 nitrogen and oxygen atoms in total. The molecule has 0 aromatic rings. The maximum atomic E-state index is 12.7. The molecular formula is C16H28N2O3. The molecule has 2 aliphatic rings. The zero-order valence-electron chi connectivity index (χ0n) is 13.4. The van der Waals surface area contributed by atoms with E-state index in [-0.39, 0.29) is 30.5 Å². The number of aliphatic carboxylic acids is 1. The van der Waals surface area contributed by atoms with Gasteiger partial charge in [-0.05, 0) is 58.4 Å². The Kier molecular flexibility index (Phi) is 5.25. The minimum atomic E-state index is -0.797. The van der Waals surface area contributed by atoms with E-state index in [9.17, 15) is 14.7 Å². The second-order valence-corrected chi connectivity index (χ2v) is 6.80. The van der Waals surface area contributed by atoms with Crippen molar-refractivity contribution in [3.8, 4) is 0 Å². The predicted octanol–water partition coefficient (Wildman–Crippen LogP) is 1.96. The highest BCUT2D eigenvalue weighted by molar-refractivity contribution is 5.81. The number of piperidine rings is 2. The van der Waals surface area contributed by atoms with Gasteiger partial charge in [0.05, 0.1) is 6.54 Å². The molecule has 5 heteroatoms. The van der Waals surface area contributed by atoms with Crippen LogP contribution in [-0.4, -0.2) is 58.0 Å². The molecule has 0 bridgehead atoms. The molecule has 4 atom stereocenters. The van der Waals surface area contributed by atoms with Gasteiger partial charge in [-0.1, -0.05) is 6.92 Å². The Balaban J connectivity index is 2.04. The molecule has 2 saturated heterocycles. The highest BCUT2D eigenvalue weighted by Crippen LogP contribution is 2.26. The molecule has 2 heterocycles. The molecule has 2 rings (SSSR count). The summed E-state index contributed by atoms with van der Waals surface area (Å²) in [7, 11) is 0. The van der Waals surface area contributed by atoms with E-state index in [1.165, 1.54) is 6.42 Å². The maximum absolute atomic E-state index is 12.7. The van der Waals surface area contributed by atoms with Crippen molar-refractivity contribution < 1.29 is 14.7 Å². The summed E-state index contributed by atoms with van der Waals surface area (Å²) in [6, 6.07) is 0.0246. The summed E-state index contributed by atoms with van der Waals surface area (Å²) in [5.74, 6) is -0.593. The molecule has 2 fully saturated rings. The van der Waals surface area contributed by atoms with E-state index in [0.29, 0.717) is 6.54 Å². The molecule has 1 N–H and O–H groups in total. The molecule has 2 aliphatic heterocycles. The van der Waals surface area contributed by atoms with E-state index in [0.717, 1.165) is 25.7 Å². The van der Waals surface area contributed by atoms with E-state index in [4.69, 9.17) is 0 Å². The Morgan fingerprint density at radius 1 is 1.05 bits per heavy atom. The van der Waals surface area contributed by atoms with E-state index in [2.05, 4.69) is 13.8 Å². The fraction of sp³-hybridized carbons (Fsp3) is 0.875. The average molecular weight is 296 g/mol. The Hall–Kier alpha value is -1.10. The van der Waals surface area contributed by atoms with Crippen LogP contribution in [0.2, 0.25) is 0 Å². The molecule has 120 valence electrons. The van der Waals surface area contributed by atoms with Crippen LogP contribution in [0.4, 0.5) is 0 Å². The van der Waals surface area contributed by atoms with Gasteiger partial charge in [0.2, 0.25) is 5.91 Å². The van der Waals surface area contributed by atoms with Gasteiger partial charge in [0, 0.05) is 12.1 Å². The minimum absolute atomic E-state index is 0.0926. The summed E-state index contributed by atoms with van der Waals surface area (Å²) in [6.45, 7) is 7.13. The smallest absolute Gasteiger partial charge is 0.321 e. The molecule has 21 heavy (non-hydrogen) atoms. The van der Waals surface area contributed by atoms with Crippen LogP contribution in [0.25, 0.3) is 0 Å². The largest absolute Gasteiger partial charge is 0.480 e. The lowest BCUT2D eigenvalue weighted by atomic mass is 9.90. The van der Waals surface area contributed by atoms with Crippen molar-refractivity contribution in [1.82, 2.24) is 9.80 Å². The number of carboxylic acids is 1. The average Bonchev–Trinajstić information content (AvgIpc) is 2.37. The van der Waals surface area contributed by atoms with Crippen molar-refractivity contribution in [3.05, 3.63) is 0 Å². The Morgan fingerprint density at radius 3 is 2.24 bits per heavy atom. The lowest BCUT2D eigenvalue weighted by Gasteiger charge is -2.42. The molecule has 1 amide bonds. The topological polar surface area (TPSA) is 60.9 Å². The van der Waals surface area contributed by atoms with Gasteiger partial charge in [-0.3, -0.25) is 14.5 Å². The van der Waals surface area contributed by atoms with E-state index < -0.39 is 12.0 Å². The zero-order valence-corrected chi connectivity index (χ0v) is 13.4. The second kappa shape index (κ2) is 6.77. The molecule has 0 aromatic carbocycles. The quantitative estimate of drug-likeness (QED) is 0.865. The van der Waals surface area contributed by atoms with Gasteiger partial charge in [0.1, 0.15) is 6.04 Å². The van der Waals surface area contributed by atoms with Crippen LogP contribution >= 0.6 is 0 Å². The molecule has 0 spiro atoms. The minimum Gasteiger partial charge on any atom is -0.480 e. The van der Waals surface area contributed by atoms with Crippen molar-refractivity contribution in [3.63, 3.8) is 0 Å². The van der Waals surface area contributed by atoms with E-state index in [1.54, 1.807) is 0 Å². The monoisotopic (exact) mass is 296 g/mol. The first-order valence-electron chi connectivity index (χ1n) is 8.19. The third-order valence-corrected chi connectivity index (χ3v) is 5.11. The van der Waals surface area contributed by atoms with Crippen molar-refractivity contribution in [2.75, 3.05) is 13.1 Å². The molecule has 0 aliphatic carbocycles. The summed E-state index contributed by atoms with van der Waals surface area (Å²) in [5, 5.41) is 9.44. The van der Waals surface area contributed by atoms with Crippen molar-refractivity contribution in [1.29, 1.82) is 0 Å². The van der Waals surface area contributed by atoms with E-state index >= 15 is 0 Å². The fourth-order valence-corrected chi connectivity index (χ4v) is 4.02. The SMILES string of the molecule is CC1CCCN(CC(=O)N2C(C)CCCC2C)C1C(=O)O. The summed E-state index contributed by atoms with van der Waals surface area (Å²) in [5.41, 5.74) is 0. The van der Waals surface area contributed by atoms with Crippen LogP contribution in [0.15, 0.2) is 0 Å². The highest BCUT2D eigenvalue weighted by atomic mass is 16.4. The number of rotatable bonds is 3. The van der Waals surface area contributed by atoms with E-state index in [1.807, 2.05) is 16.7 Å². The third kappa shape index (κ3) is 3.57. The highest BCUT2D eigenvalue weighted by Gasteiger charge is 2.37. The maximum Gasteiger partial charge on any atom is 0.321 e. The summed E-state index contributed by atoms with van der Waals surface area (Å²) in [6.07, 6.45) is 5.18. The lowest BCUT2D eigenvalue weighted by molar-refractivity contribution is -0.149. The van der Waals surface area contributed by atoms with Crippen LogP contribution in [0.5, 0.6) is 0 Å². The molecule has 0 radical (unpaired) electrons. The number of nitrogens with zero attached hydrogens (tertiary/aromatic N) is 2. The number of carbonyl (C=O) groups excluding carboxylic acids is 1. The van der Waals surface area contributed by atoms with Gasteiger partial charge in [-0.25, -0.2) is 0 Å². The van der Waals surface area contributed by atoms with Crippen molar-refractivity contribution in [2.24, 2.45) is 5.92 Å². The van der Waals surface area contributed by atoms with Crippen LogP contribution < -0.4 is 0 Å². The van der Waals surface area contributed by atoms with Crippen LogP contribution in [0.3, 0.4) is 0 Å². The molecule has 0 saturated carbocycles.